The largest absolute Gasteiger partial charge is 0.487 e. The van der Waals surface area contributed by atoms with E-state index in [-0.39, 0.29) is 20.1 Å². The van der Waals surface area contributed by atoms with Gasteiger partial charge in [-0.15, -0.1) is 58.9 Å². The minimum atomic E-state index is 0. The Labute approximate surface area is 307 Å². The number of thiophene rings is 2. The molecule has 0 atom stereocenters. The van der Waals surface area contributed by atoms with E-state index in [0.29, 0.717) is 0 Å². The second-order valence-electron chi connectivity index (χ2n) is 11.4. The van der Waals surface area contributed by atoms with Crippen LogP contribution in [0.3, 0.4) is 0 Å². The van der Waals surface area contributed by atoms with Crippen LogP contribution in [-0.4, -0.2) is 31.2 Å². The number of hydrogen-bond donors (Lipinski definition) is 0. The van der Waals surface area contributed by atoms with Gasteiger partial charge in [0.2, 0.25) is 0 Å². The van der Waals surface area contributed by atoms with Crippen LogP contribution >= 0.6 is 22.7 Å². The fraction of sp³-hybridized carbons (Fsp3) is 0.0732. The Kier molecular flexibility index (Phi) is 9.30. The van der Waals surface area contributed by atoms with E-state index < -0.39 is 0 Å². The van der Waals surface area contributed by atoms with Crippen LogP contribution in [0.4, 0.5) is 22.7 Å². The summed E-state index contributed by atoms with van der Waals surface area (Å²) in [6.45, 7) is 0. The quantitative estimate of drug-likeness (QED) is 0.165. The Balaban J connectivity index is 0.000000153. The molecular weight excluding hydrogens is 821 g/mol. The molecule has 0 N–H and O–H groups in total. The maximum Gasteiger partial charge on any atom is 0.173 e. The van der Waals surface area contributed by atoms with Crippen molar-refractivity contribution < 1.29 is 24.8 Å². The molecule has 4 aromatic heterocycles. The number of benzene rings is 4. The van der Waals surface area contributed by atoms with Gasteiger partial charge in [0, 0.05) is 56.7 Å². The summed E-state index contributed by atoms with van der Waals surface area (Å²) in [4.78, 5) is 13.4. The molecule has 8 aromatic rings. The standard InChI is InChI=1S/C22H14NOS2.C19H16N3.Ir/c1-24-20-12-14(13-25-20)15-6-4-7-16-17-8-5-9-18(22(17)26-21(15)16)19-10-2-3-11-23-19;1-21-16-8-3-4-9-17(16)22(2)19-13-14(10-11-18(19)21)15-7-5-6-12-20-15;/h2-8,10-13H,1H3;3-9,11-13H,1-2H3;/q2*-1;. The van der Waals surface area contributed by atoms with Crippen LogP contribution in [0.1, 0.15) is 0 Å². The van der Waals surface area contributed by atoms with Gasteiger partial charge in [0.05, 0.1) is 18.5 Å². The molecule has 0 saturated heterocycles. The Morgan fingerprint density at radius 2 is 1.37 bits per heavy atom. The molecule has 8 heteroatoms. The molecular formula is C41H30IrN4OS2-2. The summed E-state index contributed by atoms with van der Waals surface area (Å²) in [6, 6.07) is 44.1. The van der Waals surface area contributed by atoms with Crippen LogP contribution in [0, 0.1) is 12.1 Å². The predicted octanol–water partition coefficient (Wildman–Crippen LogP) is 11.0. The van der Waals surface area contributed by atoms with Crippen molar-refractivity contribution in [3.8, 4) is 38.7 Å². The molecule has 9 rings (SSSR count). The molecule has 243 valence electrons. The first kappa shape index (κ1) is 32.7. The first-order chi connectivity index (χ1) is 23.6. The zero-order valence-electron chi connectivity index (χ0n) is 27.0. The molecule has 0 fully saturated rings. The third-order valence-corrected chi connectivity index (χ3v) is 10.8. The molecule has 0 unspecified atom stereocenters. The average molecular weight is 851 g/mol. The Morgan fingerprint density at radius 1 is 0.673 bits per heavy atom. The zero-order valence-corrected chi connectivity index (χ0v) is 31.0. The number of fused-ring (bicyclic) bond motifs is 5. The van der Waals surface area contributed by atoms with Crippen molar-refractivity contribution >= 4 is 65.6 Å². The van der Waals surface area contributed by atoms with Crippen molar-refractivity contribution in [2.75, 3.05) is 31.0 Å². The minimum Gasteiger partial charge on any atom is -0.487 e. The molecule has 5 heterocycles. The van der Waals surface area contributed by atoms with Crippen LogP contribution in [0.5, 0.6) is 5.06 Å². The molecule has 0 saturated carbocycles. The van der Waals surface area contributed by atoms with Crippen molar-refractivity contribution in [2.24, 2.45) is 0 Å². The molecule has 5 nitrogen and oxygen atoms in total. The van der Waals surface area contributed by atoms with Gasteiger partial charge in [-0.3, -0.25) is 0 Å². The van der Waals surface area contributed by atoms with Crippen molar-refractivity contribution in [3.05, 3.63) is 139 Å². The van der Waals surface area contributed by atoms with E-state index >= 15 is 0 Å². The smallest absolute Gasteiger partial charge is 0.173 e. The van der Waals surface area contributed by atoms with E-state index in [2.05, 4.69) is 112 Å². The summed E-state index contributed by atoms with van der Waals surface area (Å²) in [5.74, 6) is 0. The molecule has 0 amide bonds. The van der Waals surface area contributed by atoms with E-state index in [1.165, 1.54) is 48.4 Å². The zero-order chi connectivity index (χ0) is 32.6. The normalized spacial score (nSPS) is 11.7. The second kappa shape index (κ2) is 13.9. The fourth-order valence-corrected chi connectivity index (χ4v) is 8.30. The van der Waals surface area contributed by atoms with Gasteiger partial charge in [0.1, 0.15) is 0 Å². The number of ether oxygens (including phenoxy) is 1. The average Bonchev–Trinajstić information content (AvgIpc) is 3.80. The molecule has 1 aliphatic heterocycles. The van der Waals surface area contributed by atoms with Gasteiger partial charge in [-0.1, -0.05) is 60.0 Å². The summed E-state index contributed by atoms with van der Waals surface area (Å²) in [7, 11) is 5.91. The number of anilines is 4. The first-order valence-electron chi connectivity index (χ1n) is 15.5. The maximum atomic E-state index is 5.37. The summed E-state index contributed by atoms with van der Waals surface area (Å²) >= 11 is 3.44. The van der Waals surface area contributed by atoms with Crippen molar-refractivity contribution in [1.29, 1.82) is 0 Å². The number of hydrogen-bond acceptors (Lipinski definition) is 7. The fourth-order valence-electron chi connectivity index (χ4n) is 6.23. The molecule has 1 aliphatic rings. The monoisotopic (exact) mass is 851 g/mol. The minimum absolute atomic E-state index is 0. The summed E-state index contributed by atoms with van der Waals surface area (Å²) in [6.07, 6.45) is 3.64. The van der Waals surface area contributed by atoms with Gasteiger partial charge >= 0.3 is 0 Å². The predicted molar refractivity (Wildman–Crippen MR) is 202 cm³/mol. The summed E-state index contributed by atoms with van der Waals surface area (Å²) < 4.78 is 7.90. The third-order valence-electron chi connectivity index (χ3n) is 8.64. The van der Waals surface area contributed by atoms with E-state index in [1.807, 2.05) is 72.3 Å². The SMILES string of the molecule is CN1c2c[c-]c(-c3ccccn3)cc2N(C)c2ccccc21.COc1cc(-c2cccc3c2sc2c(-c4ccccn4)[c-]ccc23)cs1.[Ir]. The van der Waals surface area contributed by atoms with Gasteiger partial charge in [-0.2, -0.15) is 11.3 Å². The van der Waals surface area contributed by atoms with Crippen LogP contribution in [0.15, 0.2) is 127 Å². The molecule has 4 aromatic carbocycles. The molecule has 0 spiro atoms. The molecule has 0 bridgehead atoms. The van der Waals surface area contributed by atoms with Crippen molar-refractivity contribution in [3.63, 3.8) is 0 Å². The van der Waals surface area contributed by atoms with Crippen LogP contribution in [0.25, 0.3) is 53.8 Å². The Hall–Kier alpha value is -4.85. The number of para-hydroxylation sites is 2. The van der Waals surface area contributed by atoms with Crippen molar-refractivity contribution in [2.45, 2.75) is 0 Å². The number of rotatable bonds is 4. The summed E-state index contributed by atoms with van der Waals surface area (Å²) in [5.41, 5.74) is 11.2. The topological polar surface area (TPSA) is 41.5 Å². The maximum absolute atomic E-state index is 5.37. The third kappa shape index (κ3) is 6.02. The van der Waals surface area contributed by atoms with Gasteiger partial charge in [-0.25, -0.2) is 0 Å². The number of nitrogens with zero attached hydrogens (tertiary/aromatic N) is 4. The van der Waals surface area contributed by atoms with Crippen LogP contribution in [-0.2, 0) is 20.1 Å². The molecule has 1 radical (unpaired) electrons. The molecule has 0 aliphatic carbocycles. The van der Waals surface area contributed by atoms with Crippen molar-refractivity contribution in [1.82, 2.24) is 9.97 Å². The summed E-state index contributed by atoms with van der Waals surface area (Å²) in [5, 5.41) is 5.62. The number of methoxy groups -OCH3 is 1. The van der Waals surface area contributed by atoms with Gasteiger partial charge in [-0.05, 0) is 74.3 Å². The first-order valence-corrected chi connectivity index (χ1v) is 17.2. The van der Waals surface area contributed by atoms with Gasteiger partial charge in [0.15, 0.2) is 5.06 Å². The van der Waals surface area contributed by atoms with E-state index in [4.69, 9.17) is 4.74 Å². The van der Waals surface area contributed by atoms with E-state index in [9.17, 15) is 0 Å². The number of aromatic nitrogens is 2. The van der Waals surface area contributed by atoms with Gasteiger partial charge < -0.3 is 24.5 Å². The Morgan fingerprint density at radius 3 is 2.06 bits per heavy atom. The van der Waals surface area contributed by atoms with Crippen LogP contribution < -0.4 is 14.5 Å². The molecule has 49 heavy (non-hydrogen) atoms. The van der Waals surface area contributed by atoms with Crippen LogP contribution in [0.2, 0.25) is 0 Å². The van der Waals surface area contributed by atoms with E-state index in [0.717, 1.165) is 33.3 Å². The van der Waals surface area contributed by atoms with E-state index in [1.54, 1.807) is 18.4 Å². The Bertz CT molecular complexity index is 2390. The second-order valence-corrected chi connectivity index (χ2v) is 13.3. The van der Waals surface area contributed by atoms with Gasteiger partial charge in [0.25, 0.3) is 0 Å². The number of pyridine rings is 2.